The summed E-state index contributed by atoms with van der Waals surface area (Å²) in [4.78, 5) is 17.2. The largest absolute Gasteiger partial charge is 0.489 e. The second-order valence-corrected chi connectivity index (χ2v) is 8.35. The van der Waals surface area contributed by atoms with Crippen LogP contribution >= 0.6 is 11.3 Å². The van der Waals surface area contributed by atoms with Crippen molar-refractivity contribution in [1.29, 1.82) is 0 Å². The van der Waals surface area contributed by atoms with Crippen LogP contribution in [0.5, 0.6) is 17.2 Å². The second kappa shape index (κ2) is 9.54. The third-order valence-corrected chi connectivity index (χ3v) is 5.86. The molecule has 1 N–H and O–H groups in total. The fourth-order valence-electron chi connectivity index (χ4n) is 3.26. The van der Waals surface area contributed by atoms with Crippen LogP contribution in [-0.2, 0) is 6.61 Å². The van der Waals surface area contributed by atoms with Crippen molar-refractivity contribution in [3.63, 3.8) is 0 Å². The number of amides is 1. The Morgan fingerprint density at radius 2 is 1.48 bits per heavy atom. The van der Waals surface area contributed by atoms with Crippen molar-refractivity contribution in [2.24, 2.45) is 0 Å². The van der Waals surface area contributed by atoms with Crippen molar-refractivity contribution >= 4 is 32.6 Å². The van der Waals surface area contributed by atoms with E-state index in [9.17, 15) is 4.79 Å². The van der Waals surface area contributed by atoms with E-state index in [0.29, 0.717) is 23.1 Å². The molecule has 0 aliphatic carbocycles. The van der Waals surface area contributed by atoms with Crippen molar-refractivity contribution in [3.05, 3.63) is 114 Å². The molecular weight excluding hydrogens is 432 g/mol. The molecule has 33 heavy (non-hydrogen) atoms. The minimum atomic E-state index is -0.218. The van der Waals surface area contributed by atoms with E-state index in [-0.39, 0.29) is 5.91 Å². The molecule has 0 fully saturated rings. The van der Waals surface area contributed by atoms with Gasteiger partial charge in [-0.25, -0.2) is 4.98 Å². The highest BCUT2D eigenvalue weighted by atomic mass is 32.1. The summed E-state index contributed by atoms with van der Waals surface area (Å²) >= 11 is 1.41. The van der Waals surface area contributed by atoms with Crippen LogP contribution in [0.3, 0.4) is 0 Å². The number of hydrogen-bond acceptors (Lipinski definition) is 5. The van der Waals surface area contributed by atoms with Crippen LogP contribution in [0, 0.1) is 0 Å². The van der Waals surface area contributed by atoms with Crippen LogP contribution in [0.1, 0.15) is 15.9 Å². The summed E-state index contributed by atoms with van der Waals surface area (Å²) in [7, 11) is 0. The molecule has 0 spiro atoms. The molecule has 5 nitrogen and oxygen atoms in total. The van der Waals surface area contributed by atoms with Gasteiger partial charge in [0, 0.05) is 11.6 Å². The first kappa shape index (κ1) is 20.7. The SMILES string of the molecule is O=C(Nc1nc2ccc(Oc3ccccc3)cc2s1)c1ccc(OCc2ccccc2)cc1. The molecule has 0 atom stereocenters. The van der Waals surface area contributed by atoms with Gasteiger partial charge in [0.1, 0.15) is 23.9 Å². The van der Waals surface area contributed by atoms with Crippen LogP contribution in [0.4, 0.5) is 5.13 Å². The second-order valence-electron chi connectivity index (χ2n) is 7.32. The molecule has 1 aromatic heterocycles. The van der Waals surface area contributed by atoms with Gasteiger partial charge in [0.25, 0.3) is 5.91 Å². The molecule has 0 radical (unpaired) electrons. The lowest BCUT2D eigenvalue weighted by Gasteiger charge is -2.07. The predicted octanol–water partition coefficient (Wildman–Crippen LogP) is 6.92. The minimum absolute atomic E-state index is 0.218. The highest BCUT2D eigenvalue weighted by Gasteiger charge is 2.11. The van der Waals surface area contributed by atoms with E-state index >= 15 is 0 Å². The Balaban J connectivity index is 1.23. The Kier molecular flexibility index (Phi) is 5.99. The van der Waals surface area contributed by atoms with Crippen molar-refractivity contribution in [2.75, 3.05) is 5.32 Å². The van der Waals surface area contributed by atoms with Crippen molar-refractivity contribution in [1.82, 2.24) is 4.98 Å². The Labute approximate surface area is 195 Å². The van der Waals surface area contributed by atoms with E-state index in [2.05, 4.69) is 10.3 Å². The summed E-state index contributed by atoms with van der Waals surface area (Å²) in [5, 5.41) is 3.42. The monoisotopic (exact) mass is 452 g/mol. The molecule has 1 amide bonds. The topological polar surface area (TPSA) is 60.5 Å². The minimum Gasteiger partial charge on any atom is -0.489 e. The number of carbonyl (C=O) groups excluding carboxylic acids is 1. The van der Waals surface area contributed by atoms with E-state index in [1.807, 2.05) is 78.9 Å². The van der Waals surface area contributed by atoms with Gasteiger partial charge in [0.15, 0.2) is 5.13 Å². The normalized spacial score (nSPS) is 10.7. The Morgan fingerprint density at radius 3 is 2.24 bits per heavy atom. The Morgan fingerprint density at radius 1 is 0.788 bits per heavy atom. The van der Waals surface area contributed by atoms with Gasteiger partial charge >= 0.3 is 0 Å². The number of aromatic nitrogens is 1. The molecule has 4 aromatic carbocycles. The van der Waals surface area contributed by atoms with Crippen LogP contribution in [0.15, 0.2) is 103 Å². The predicted molar refractivity (Wildman–Crippen MR) is 131 cm³/mol. The first-order valence-corrected chi connectivity index (χ1v) is 11.3. The van der Waals surface area contributed by atoms with Gasteiger partial charge < -0.3 is 9.47 Å². The standard InChI is InChI=1S/C27H20N2O3S/c30-26(20-11-13-21(14-12-20)31-18-19-7-3-1-4-8-19)29-27-28-24-16-15-23(17-25(24)33-27)32-22-9-5-2-6-10-22/h1-17H,18H2,(H,28,29,30). The number of para-hydroxylation sites is 1. The maximum absolute atomic E-state index is 12.7. The highest BCUT2D eigenvalue weighted by molar-refractivity contribution is 7.22. The van der Waals surface area contributed by atoms with Gasteiger partial charge in [-0.2, -0.15) is 0 Å². The van der Waals surface area contributed by atoms with E-state index in [0.717, 1.165) is 27.3 Å². The number of thiazole rings is 1. The molecule has 0 saturated heterocycles. The number of nitrogens with one attached hydrogen (secondary N) is 1. The van der Waals surface area contributed by atoms with Crippen molar-refractivity contribution < 1.29 is 14.3 Å². The van der Waals surface area contributed by atoms with Gasteiger partial charge in [0.2, 0.25) is 0 Å². The molecule has 0 unspecified atom stereocenters. The third kappa shape index (κ3) is 5.19. The quantitative estimate of drug-likeness (QED) is 0.291. The maximum atomic E-state index is 12.7. The first-order chi connectivity index (χ1) is 16.2. The fraction of sp³-hybridized carbons (Fsp3) is 0.0370. The lowest BCUT2D eigenvalue weighted by molar-refractivity contribution is 0.102. The number of carbonyl (C=O) groups is 1. The van der Waals surface area contributed by atoms with Crippen LogP contribution in [0.25, 0.3) is 10.2 Å². The number of benzene rings is 4. The summed E-state index contributed by atoms with van der Waals surface area (Å²) in [5.41, 5.74) is 2.43. The van der Waals surface area contributed by atoms with Crippen LogP contribution < -0.4 is 14.8 Å². The number of anilines is 1. The molecule has 5 rings (SSSR count). The smallest absolute Gasteiger partial charge is 0.257 e. The molecule has 0 saturated carbocycles. The molecule has 5 aromatic rings. The number of fused-ring (bicyclic) bond motifs is 1. The van der Waals surface area contributed by atoms with E-state index in [4.69, 9.17) is 9.47 Å². The van der Waals surface area contributed by atoms with Gasteiger partial charge in [-0.05, 0) is 54.1 Å². The zero-order valence-electron chi connectivity index (χ0n) is 17.6. The number of nitrogens with zero attached hydrogens (tertiary/aromatic N) is 1. The molecule has 0 aliphatic rings. The van der Waals surface area contributed by atoms with E-state index < -0.39 is 0 Å². The molecule has 0 bridgehead atoms. The van der Waals surface area contributed by atoms with Gasteiger partial charge in [-0.15, -0.1) is 0 Å². The molecule has 0 aliphatic heterocycles. The summed E-state index contributed by atoms with van der Waals surface area (Å²) in [6, 6.07) is 32.3. The zero-order chi connectivity index (χ0) is 22.5. The van der Waals surface area contributed by atoms with Crippen molar-refractivity contribution in [2.45, 2.75) is 6.61 Å². The van der Waals surface area contributed by atoms with E-state index in [1.165, 1.54) is 11.3 Å². The third-order valence-electron chi connectivity index (χ3n) is 4.92. The maximum Gasteiger partial charge on any atom is 0.257 e. The molecular formula is C27H20N2O3S. The van der Waals surface area contributed by atoms with Gasteiger partial charge in [-0.1, -0.05) is 59.9 Å². The highest BCUT2D eigenvalue weighted by Crippen LogP contribution is 2.31. The average Bonchev–Trinajstić information content (AvgIpc) is 3.26. The molecule has 1 heterocycles. The lowest BCUT2D eigenvalue weighted by atomic mass is 10.2. The fourth-order valence-corrected chi connectivity index (χ4v) is 4.15. The summed E-state index contributed by atoms with van der Waals surface area (Å²) in [6.07, 6.45) is 0. The first-order valence-electron chi connectivity index (χ1n) is 10.4. The number of rotatable bonds is 7. The summed E-state index contributed by atoms with van der Waals surface area (Å²) in [5.74, 6) is 1.98. The number of ether oxygens (including phenoxy) is 2. The summed E-state index contributed by atoms with van der Waals surface area (Å²) in [6.45, 7) is 0.480. The van der Waals surface area contributed by atoms with E-state index in [1.54, 1.807) is 24.3 Å². The van der Waals surface area contributed by atoms with Gasteiger partial charge in [0.05, 0.1) is 10.2 Å². The van der Waals surface area contributed by atoms with Crippen molar-refractivity contribution in [3.8, 4) is 17.2 Å². The van der Waals surface area contributed by atoms with Crippen LogP contribution in [0.2, 0.25) is 0 Å². The van der Waals surface area contributed by atoms with Gasteiger partial charge in [-0.3, -0.25) is 10.1 Å². The number of hydrogen-bond donors (Lipinski definition) is 1. The summed E-state index contributed by atoms with van der Waals surface area (Å²) < 4.78 is 12.6. The Bertz CT molecular complexity index is 1370. The molecule has 162 valence electrons. The zero-order valence-corrected chi connectivity index (χ0v) is 18.4. The average molecular weight is 453 g/mol. The molecule has 6 heteroatoms. The van der Waals surface area contributed by atoms with Crippen LogP contribution in [-0.4, -0.2) is 10.9 Å². The lowest BCUT2D eigenvalue weighted by Crippen LogP contribution is -2.11. The Hall–Kier alpha value is -4.16.